The molecule has 2 aromatic carbocycles. The first-order chi connectivity index (χ1) is 13.8. The number of para-hydroxylation sites is 1. The Morgan fingerprint density at radius 2 is 1.90 bits per heavy atom. The number of fused-ring (bicyclic) bond motifs is 3. The number of aliphatic carboxylic acids is 1. The lowest BCUT2D eigenvalue weighted by Crippen LogP contribution is -2.35. The van der Waals surface area contributed by atoms with Crippen LogP contribution in [0.4, 0.5) is 0 Å². The van der Waals surface area contributed by atoms with Crippen LogP contribution < -0.4 is 9.46 Å². The second kappa shape index (κ2) is 7.78. The fraction of sp³-hybridized carbons (Fsp3) is 0.381. The van der Waals surface area contributed by atoms with Gasteiger partial charge in [-0.15, -0.1) is 0 Å². The van der Waals surface area contributed by atoms with E-state index in [4.69, 9.17) is 9.84 Å². The van der Waals surface area contributed by atoms with Gasteiger partial charge < -0.3 is 14.9 Å². The van der Waals surface area contributed by atoms with E-state index in [0.717, 1.165) is 5.56 Å². The van der Waals surface area contributed by atoms with Gasteiger partial charge in [0.25, 0.3) is 0 Å². The molecule has 0 aromatic heterocycles. The minimum Gasteiger partial charge on any atom is -0.489 e. The number of aliphatic hydroxyl groups is 1. The van der Waals surface area contributed by atoms with Crippen molar-refractivity contribution in [2.45, 2.75) is 36.7 Å². The van der Waals surface area contributed by atoms with Gasteiger partial charge in [0.05, 0.1) is 18.3 Å². The molecule has 4 rings (SSSR count). The number of carboxylic acids is 1. The molecule has 1 aliphatic carbocycles. The Bertz CT molecular complexity index is 1010. The molecule has 0 spiro atoms. The highest BCUT2D eigenvalue weighted by molar-refractivity contribution is 7.88. The zero-order valence-corrected chi connectivity index (χ0v) is 16.5. The Balaban J connectivity index is 1.51. The van der Waals surface area contributed by atoms with E-state index in [1.165, 1.54) is 0 Å². The second-order valence-electron chi connectivity index (χ2n) is 7.65. The standard InChI is InChI=1S/C21H23NO6S/c23-17-10-18-20(15-8-4-7-14(9-19(24)25)21(15)28-18)16(17)11-22-29(26,27)12-13-5-2-1-3-6-13/h1-8,16-18,20,22-23H,9-12H2,(H,24,25). The molecule has 2 aromatic rings. The first kappa shape index (κ1) is 19.9. The average Bonchev–Trinajstić information content (AvgIpc) is 3.16. The molecule has 1 aliphatic heterocycles. The third kappa shape index (κ3) is 4.14. The summed E-state index contributed by atoms with van der Waals surface area (Å²) < 4.78 is 33.6. The predicted molar refractivity (Wildman–Crippen MR) is 106 cm³/mol. The highest BCUT2D eigenvalue weighted by Gasteiger charge is 2.50. The SMILES string of the molecule is O=C(O)Cc1cccc2c1OC1CC(O)C(CNS(=O)(=O)Cc3ccccc3)C21. The number of sulfonamides is 1. The van der Waals surface area contributed by atoms with E-state index in [1.54, 1.807) is 36.4 Å². The molecule has 0 bridgehead atoms. The summed E-state index contributed by atoms with van der Waals surface area (Å²) in [6.45, 7) is 0.101. The average molecular weight is 417 g/mol. The number of aliphatic hydroxyl groups excluding tert-OH is 1. The predicted octanol–water partition coefficient (Wildman–Crippen LogP) is 1.66. The number of rotatable bonds is 7. The summed E-state index contributed by atoms with van der Waals surface area (Å²) >= 11 is 0. The van der Waals surface area contributed by atoms with Crippen molar-refractivity contribution < 1.29 is 28.2 Å². The number of benzene rings is 2. The lowest BCUT2D eigenvalue weighted by molar-refractivity contribution is -0.136. The van der Waals surface area contributed by atoms with E-state index >= 15 is 0 Å². The van der Waals surface area contributed by atoms with Crippen molar-refractivity contribution in [2.24, 2.45) is 5.92 Å². The molecule has 154 valence electrons. The van der Waals surface area contributed by atoms with Crippen LogP contribution in [0.2, 0.25) is 0 Å². The molecule has 1 heterocycles. The molecule has 0 saturated heterocycles. The van der Waals surface area contributed by atoms with Crippen molar-refractivity contribution in [3.8, 4) is 5.75 Å². The first-order valence-corrected chi connectivity index (χ1v) is 11.2. The van der Waals surface area contributed by atoms with Crippen molar-refractivity contribution in [1.29, 1.82) is 0 Å². The largest absolute Gasteiger partial charge is 0.489 e. The van der Waals surface area contributed by atoms with E-state index in [1.807, 2.05) is 12.1 Å². The van der Waals surface area contributed by atoms with Crippen LogP contribution in [0.3, 0.4) is 0 Å². The van der Waals surface area contributed by atoms with E-state index in [2.05, 4.69) is 4.72 Å². The molecule has 2 aliphatic rings. The molecular formula is C21H23NO6S. The maximum Gasteiger partial charge on any atom is 0.307 e. The Morgan fingerprint density at radius 3 is 2.62 bits per heavy atom. The third-order valence-electron chi connectivity index (χ3n) is 5.67. The number of carbonyl (C=O) groups is 1. The molecular weight excluding hydrogens is 394 g/mol. The molecule has 29 heavy (non-hydrogen) atoms. The topological polar surface area (TPSA) is 113 Å². The van der Waals surface area contributed by atoms with Crippen LogP contribution in [0.1, 0.15) is 29.0 Å². The molecule has 1 fully saturated rings. The molecule has 3 N–H and O–H groups in total. The summed E-state index contributed by atoms with van der Waals surface area (Å²) in [7, 11) is -3.56. The van der Waals surface area contributed by atoms with Crippen LogP contribution in [-0.4, -0.2) is 43.4 Å². The van der Waals surface area contributed by atoms with E-state index in [-0.39, 0.29) is 36.7 Å². The number of hydrogen-bond donors (Lipinski definition) is 3. The number of ether oxygens (including phenoxy) is 1. The monoisotopic (exact) mass is 417 g/mol. The summed E-state index contributed by atoms with van der Waals surface area (Å²) in [6.07, 6.45) is -0.726. The van der Waals surface area contributed by atoms with Gasteiger partial charge in [-0.25, -0.2) is 13.1 Å². The van der Waals surface area contributed by atoms with Crippen LogP contribution in [-0.2, 0) is 27.0 Å². The molecule has 4 atom stereocenters. The van der Waals surface area contributed by atoms with Crippen molar-refractivity contribution in [2.75, 3.05) is 6.54 Å². The molecule has 8 heteroatoms. The quantitative estimate of drug-likeness (QED) is 0.632. The van der Waals surface area contributed by atoms with E-state index < -0.39 is 22.1 Å². The number of hydrogen-bond acceptors (Lipinski definition) is 5. The zero-order chi connectivity index (χ0) is 20.6. The zero-order valence-electron chi connectivity index (χ0n) is 15.7. The second-order valence-corrected chi connectivity index (χ2v) is 9.45. The fourth-order valence-electron chi connectivity index (χ4n) is 4.42. The van der Waals surface area contributed by atoms with Crippen LogP contribution >= 0.6 is 0 Å². The van der Waals surface area contributed by atoms with E-state index in [9.17, 15) is 18.3 Å². The van der Waals surface area contributed by atoms with Crippen LogP contribution in [0, 0.1) is 5.92 Å². The lowest BCUT2D eigenvalue weighted by atomic mass is 9.87. The minimum atomic E-state index is -3.56. The summed E-state index contributed by atoms with van der Waals surface area (Å²) in [5, 5.41) is 19.6. The van der Waals surface area contributed by atoms with Gasteiger partial charge in [-0.3, -0.25) is 4.79 Å². The van der Waals surface area contributed by atoms with Gasteiger partial charge in [-0.1, -0.05) is 48.5 Å². The Morgan fingerprint density at radius 1 is 1.14 bits per heavy atom. The molecule has 0 radical (unpaired) electrons. The first-order valence-electron chi connectivity index (χ1n) is 9.53. The summed E-state index contributed by atoms with van der Waals surface area (Å²) in [5.74, 6) is -1.01. The normalized spacial score (nSPS) is 25.3. The highest BCUT2D eigenvalue weighted by Crippen LogP contribution is 2.51. The van der Waals surface area contributed by atoms with Crippen LogP contribution in [0.5, 0.6) is 5.75 Å². The van der Waals surface area contributed by atoms with E-state index in [0.29, 0.717) is 23.3 Å². The Hall–Kier alpha value is -2.42. The van der Waals surface area contributed by atoms with Crippen LogP contribution in [0.25, 0.3) is 0 Å². The molecule has 7 nitrogen and oxygen atoms in total. The summed E-state index contributed by atoms with van der Waals surface area (Å²) in [4.78, 5) is 11.1. The van der Waals surface area contributed by atoms with Crippen molar-refractivity contribution >= 4 is 16.0 Å². The van der Waals surface area contributed by atoms with Gasteiger partial charge in [-0.05, 0) is 5.56 Å². The van der Waals surface area contributed by atoms with Gasteiger partial charge in [0.1, 0.15) is 11.9 Å². The molecule has 1 saturated carbocycles. The fourth-order valence-corrected chi connectivity index (χ4v) is 5.60. The van der Waals surface area contributed by atoms with Gasteiger partial charge in [0.15, 0.2) is 0 Å². The maximum atomic E-state index is 12.5. The Kier molecular flexibility index (Phi) is 5.33. The number of nitrogens with one attached hydrogen (secondary N) is 1. The van der Waals surface area contributed by atoms with Crippen molar-refractivity contribution in [1.82, 2.24) is 4.72 Å². The van der Waals surface area contributed by atoms with Gasteiger partial charge in [0, 0.05) is 35.9 Å². The number of carboxylic acid groups (broad SMARTS) is 1. The molecule has 4 unspecified atom stereocenters. The summed E-state index contributed by atoms with van der Waals surface area (Å²) in [6, 6.07) is 14.3. The van der Waals surface area contributed by atoms with Gasteiger partial charge in [0.2, 0.25) is 10.0 Å². The third-order valence-corrected chi connectivity index (χ3v) is 6.99. The van der Waals surface area contributed by atoms with Crippen molar-refractivity contribution in [3.05, 3.63) is 65.2 Å². The minimum absolute atomic E-state index is 0.101. The molecule has 0 amide bonds. The van der Waals surface area contributed by atoms with Gasteiger partial charge >= 0.3 is 5.97 Å². The summed E-state index contributed by atoms with van der Waals surface area (Å²) in [5.41, 5.74) is 2.14. The Labute approximate surface area is 169 Å². The lowest BCUT2D eigenvalue weighted by Gasteiger charge is -2.21. The van der Waals surface area contributed by atoms with Crippen molar-refractivity contribution in [3.63, 3.8) is 0 Å². The van der Waals surface area contributed by atoms with Gasteiger partial charge in [-0.2, -0.15) is 0 Å². The smallest absolute Gasteiger partial charge is 0.307 e. The van der Waals surface area contributed by atoms with Crippen LogP contribution in [0.15, 0.2) is 48.5 Å². The highest BCUT2D eigenvalue weighted by atomic mass is 32.2. The maximum absolute atomic E-state index is 12.5.